The lowest BCUT2D eigenvalue weighted by Crippen LogP contribution is -2.39. The molecule has 1 N–H and O–H groups in total. The van der Waals surface area contributed by atoms with Gasteiger partial charge >= 0.3 is 0 Å². The molecule has 0 aliphatic heterocycles. The van der Waals surface area contributed by atoms with Crippen molar-refractivity contribution in [1.29, 1.82) is 0 Å². The van der Waals surface area contributed by atoms with Crippen LogP contribution in [0.4, 0.5) is 0 Å². The summed E-state index contributed by atoms with van der Waals surface area (Å²) in [6, 6.07) is 0. The Morgan fingerprint density at radius 1 is 1.46 bits per heavy atom. The van der Waals surface area contributed by atoms with Crippen LogP contribution in [0.5, 0.6) is 0 Å². The summed E-state index contributed by atoms with van der Waals surface area (Å²) in [5.74, 6) is 0.0387. The molecule has 13 heavy (non-hydrogen) atoms. The Bertz CT molecular complexity index is 185. The van der Waals surface area contributed by atoms with Crippen LogP contribution in [0.3, 0.4) is 0 Å². The molecule has 0 bridgehead atoms. The lowest BCUT2D eigenvalue weighted by Gasteiger charge is -2.20. The first kappa shape index (κ1) is 12.4. The summed E-state index contributed by atoms with van der Waals surface area (Å²) >= 11 is 3.88. The molecule has 5 heteroatoms. The second-order valence-electron chi connectivity index (χ2n) is 2.78. The molecule has 4 nitrogen and oxygen atoms in total. The number of nitrogens with zero attached hydrogens (tertiary/aromatic N) is 1. The van der Waals surface area contributed by atoms with Crippen LogP contribution >= 0.6 is 12.6 Å². The summed E-state index contributed by atoms with van der Waals surface area (Å²) in [7, 11) is 1.80. The van der Waals surface area contributed by atoms with Crippen molar-refractivity contribution >= 4 is 24.3 Å². The fraction of sp³-hybridized carbons (Fsp3) is 0.750. The maximum atomic E-state index is 11.2. The summed E-state index contributed by atoms with van der Waals surface area (Å²) in [5.41, 5.74) is 0. The number of amides is 1. The number of rotatable bonds is 6. The van der Waals surface area contributed by atoms with Gasteiger partial charge in [0.1, 0.15) is 5.78 Å². The van der Waals surface area contributed by atoms with E-state index in [9.17, 15) is 9.59 Å². The summed E-state index contributed by atoms with van der Waals surface area (Å²) in [4.78, 5) is 23.5. The van der Waals surface area contributed by atoms with Crippen molar-refractivity contribution in [3.05, 3.63) is 0 Å². The van der Waals surface area contributed by atoms with E-state index in [1.165, 1.54) is 11.8 Å². The topological polar surface area (TPSA) is 49.4 Å². The second kappa shape index (κ2) is 6.91. The molecule has 0 aromatic carbocycles. The van der Waals surface area contributed by atoms with Crippen LogP contribution in [0.15, 0.2) is 0 Å². The van der Waals surface area contributed by atoms with E-state index in [0.717, 1.165) is 0 Å². The van der Waals surface area contributed by atoms with E-state index in [4.69, 9.17) is 0 Å². The van der Waals surface area contributed by atoms with Crippen molar-refractivity contribution in [1.82, 2.24) is 10.2 Å². The predicted octanol–water partition coefficient (Wildman–Crippen LogP) is -0.447. The molecule has 0 aromatic rings. The number of carbonyl (C=O) groups is 2. The lowest BCUT2D eigenvalue weighted by molar-refractivity contribution is -0.132. The van der Waals surface area contributed by atoms with Crippen molar-refractivity contribution in [2.24, 2.45) is 0 Å². The van der Waals surface area contributed by atoms with Gasteiger partial charge in [-0.2, -0.15) is 12.6 Å². The van der Waals surface area contributed by atoms with Crippen LogP contribution in [0, 0.1) is 0 Å². The monoisotopic (exact) mass is 204 g/mol. The number of hydrogen-bond acceptors (Lipinski definition) is 4. The van der Waals surface area contributed by atoms with Crippen molar-refractivity contribution in [3.63, 3.8) is 0 Å². The van der Waals surface area contributed by atoms with Gasteiger partial charge in [-0.15, -0.1) is 0 Å². The number of nitrogens with one attached hydrogen (secondary N) is 1. The minimum absolute atomic E-state index is 0.00811. The minimum Gasteiger partial charge on any atom is -0.333 e. The van der Waals surface area contributed by atoms with E-state index in [0.29, 0.717) is 13.1 Å². The summed E-state index contributed by atoms with van der Waals surface area (Å²) < 4.78 is 0. The molecule has 0 heterocycles. The van der Waals surface area contributed by atoms with Gasteiger partial charge in [0.05, 0.1) is 12.3 Å². The van der Waals surface area contributed by atoms with E-state index in [2.05, 4.69) is 17.9 Å². The first-order chi connectivity index (χ1) is 6.11. The Balaban J connectivity index is 4.02. The van der Waals surface area contributed by atoms with Crippen LogP contribution in [-0.2, 0) is 9.59 Å². The molecule has 0 saturated carbocycles. The van der Waals surface area contributed by atoms with Gasteiger partial charge in [-0.25, -0.2) is 0 Å². The summed E-state index contributed by atoms with van der Waals surface area (Å²) in [5, 5.41) is 2.92. The zero-order valence-electron chi connectivity index (χ0n) is 8.04. The molecule has 0 rings (SSSR count). The van der Waals surface area contributed by atoms with Gasteiger partial charge in [-0.05, 0) is 14.0 Å². The molecule has 76 valence electrons. The number of Topliss-reactive ketones (excluding diaryl/α,β-unsaturated/α-hetero) is 1. The molecule has 0 saturated heterocycles. The highest BCUT2D eigenvalue weighted by Crippen LogP contribution is 1.92. The van der Waals surface area contributed by atoms with Crippen LogP contribution in [0.25, 0.3) is 0 Å². The van der Waals surface area contributed by atoms with E-state index < -0.39 is 0 Å². The van der Waals surface area contributed by atoms with Crippen molar-refractivity contribution < 1.29 is 9.59 Å². The van der Waals surface area contributed by atoms with Gasteiger partial charge < -0.3 is 10.2 Å². The van der Waals surface area contributed by atoms with Crippen molar-refractivity contribution in [2.75, 3.05) is 32.4 Å². The molecule has 0 unspecified atom stereocenters. The maximum absolute atomic E-state index is 11.2. The minimum atomic E-state index is -0.103. The van der Waals surface area contributed by atoms with Crippen LogP contribution in [-0.4, -0.2) is 49.0 Å². The molecule has 0 radical (unpaired) electrons. The molecule has 0 fully saturated rings. The highest BCUT2D eigenvalue weighted by Gasteiger charge is 2.12. The highest BCUT2D eigenvalue weighted by molar-refractivity contribution is 7.81. The van der Waals surface area contributed by atoms with E-state index in [1.54, 1.807) is 7.05 Å². The Morgan fingerprint density at radius 2 is 2.08 bits per heavy atom. The SMILES string of the molecule is CNCCN(CC(C)=O)C(=O)CS. The van der Waals surface area contributed by atoms with Gasteiger partial charge in [0.15, 0.2) is 0 Å². The maximum Gasteiger partial charge on any atom is 0.232 e. The average Bonchev–Trinajstić information content (AvgIpc) is 2.10. The highest BCUT2D eigenvalue weighted by atomic mass is 32.1. The molecular formula is C8H16N2O2S. The molecule has 0 aliphatic rings. The van der Waals surface area contributed by atoms with Crippen molar-refractivity contribution in [2.45, 2.75) is 6.92 Å². The van der Waals surface area contributed by atoms with Crippen molar-refractivity contribution in [3.8, 4) is 0 Å². The third-order valence-corrected chi connectivity index (χ3v) is 1.80. The van der Waals surface area contributed by atoms with Gasteiger partial charge in [0, 0.05) is 13.1 Å². The lowest BCUT2D eigenvalue weighted by atomic mass is 10.3. The zero-order chi connectivity index (χ0) is 10.3. The molecule has 1 amide bonds. The Hall–Kier alpha value is -0.550. The fourth-order valence-corrected chi connectivity index (χ4v) is 1.11. The van der Waals surface area contributed by atoms with Crippen LogP contribution in [0.1, 0.15) is 6.92 Å². The third kappa shape index (κ3) is 5.65. The first-order valence-corrected chi connectivity index (χ1v) is 4.77. The normalized spacial score (nSPS) is 9.77. The van der Waals surface area contributed by atoms with Gasteiger partial charge in [0.25, 0.3) is 0 Å². The number of hydrogen-bond donors (Lipinski definition) is 2. The first-order valence-electron chi connectivity index (χ1n) is 4.14. The number of carbonyl (C=O) groups excluding carboxylic acids is 2. The van der Waals surface area contributed by atoms with Gasteiger partial charge in [-0.1, -0.05) is 0 Å². The predicted molar refractivity (Wildman–Crippen MR) is 55.0 cm³/mol. The van der Waals surface area contributed by atoms with Crippen LogP contribution < -0.4 is 5.32 Å². The largest absolute Gasteiger partial charge is 0.333 e. The summed E-state index contributed by atoms with van der Waals surface area (Å²) in [6.07, 6.45) is 0. The molecule has 0 atom stereocenters. The quantitative estimate of drug-likeness (QED) is 0.576. The average molecular weight is 204 g/mol. The fourth-order valence-electron chi connectivity index (χ4n) is 0.907. The smallest absolute Gasteiger partial charge is 0.232 e. The zero-order valence-corrected chi connectivity index (χ0v) is 8.93. The molecule has 0 spiro atoms. The van der Waals surface area contributed by atoms with E-state index in [-0.39, 0.29) is 24.0 Å². The molecular weight excluding hydrogens is 188 g/mol. The Kier molecular flexibility index (Phi) is 6.62. The van der Waals surface area contributed by atoms with E-state index in [1.807, 2.05) is 0 Å². The number of likely N-dealkylation sites (N-methyl/N-ethyl adjacent to an activating group) is 1. The second-order valence-corrected chi connectivity index (χ2v) is 3.10. The molecule has 0 aromatic heterocycles. The van der Waals surface area contributed by atoms with Crippen LogP contribution in [0.2, 0.25) is 0 Å². The van der Waals surface area contributed by atoms with Gasteiger partial charge in [0.2, 0.25) is 5.91 Å². The number of thiol groups is 1. The number of ketones is 1. The summed E-state index contributed by atoms with van der Waals surface area (Å²) in [6.45, 7) is 2.89. The standard InChI is InChI=1S/C8H16N2O2S/c1-7(11)5-10(4-3-9-2)8(12)6-13/h9,13H,3-6H2,1-2H3. The molecule has 0 aliphatic carbocycles. The Labute approximate surface area is 84.1 Å². The van der Waals surface area contributed by atoms with Gasteiger partial charge in [-0.3, -0.25) is 9.59 Å². The third-order valence-electron chi connectivity index (χ3n) is 1.53. The van der Waals surface area contributed by atoms with E-state index >= 15 is 0 Å². The Morgan fingerprint density at radius 3 is 2.46 bits per heavy atom.